The van der Waals surface area contributed by atoms with Crippen LogP contribution < -0.4 is 5.32 Å². The molecule has 0 saturated carbocycles. The summed E-state index contributed by atoms with van der Waals surface area (Å²) in [6, 6.07) is 5.10. The van der Waals surface area contributed by atoms with Gasteiger partial charge in [0.1, 0.15) is 11.6 Å². The quantitative estimate of drug-likeness (QED) is 0.594. The van der Waals surface area contributed by atoms with Crippen molar-refractivity contribution >= 4 is 11.8 Å². The number of anilines is 1. The molecule has 4 rings (SSSR count). The Kier molecular flexibility index (Phi) is 7.37. The van der Waals surface area contributed by atoms with Gasteiger partial charge in [0.15, 0.2) is 5.69 Å². The first-order valence-electron chi connectivity index (χ1n) is 11.5. The van der Waals surface area contributed by atoms with Gasteiger partial charge < -0.3 is 19.9 Å². The normalized spacial score (nSPS) is 21.9. The second kappa shape index (κ2) is 10.3. The smallest absolute Gasteiger partial charge is 0.416 e. The van der Waals surface area contributed by atoms with E-state index in [9.17, 15) is 23.1 Å². The van der Waals surface area contributed by atoms with E-state index in [1.54, 1.807) is 6.92 Å². The van der Waals surface area contributed by atoms with Crippen LogP contribution in [0.2, 0.25) is 0 Å². The summed E-state index contributed by atoms with van der Waals surface area (Å²) in [5, 5.41) is 12.9. The molecule has 0 spiro atoms. The summed E-state index contributed by atoms with van der Waals surface area (Å²) in [5.41, 5.74) is 0.467. The predicted octanol–water partition coefficient (Wildman–Crippen LogP) is 5.12. The number of hydrogen-bond acceptors (Lipinski definition) is 6. The molecule has 2 atom stereocenters. The van der Waals surface area contributed by atoms with E-state index in [2.05, 4.69) is 15.3 Å². The molecule has 2 aromatic rings. The number of carbonyl (C=O) groups is 1. The van der Waals surface area contributed by atoms with Gasteiger partial charge in [-0.2, -0.15) is 13.2 Å². The van der Waals surface area contributed by atoms with Crippen LogP contribution >= 0.6 is 0 Å². The number of rotatable bonds is 6. The lowest BCUT2D eigenvalue weighted by Crippen LogP contribution is -2.30. The lowest BCUT2D eigenvalue weighted by Gasteiger charge is -2.31. The monoisotopic (exact) mass is 479 g/mol. The van der Waals surface area contributed by atoms with Crippen molar-refractivity contribution in [2.24, 2.45) is 0 Å². The molecule has 0 aliphatic carbocycles. The molecule has 2 N–H and O–H groups in total. The van der Waals surface area contributed by atoms with E-state index in [0.717, 1.165) is 44.2 Å². The van der Waals surface area contributed by atoms with E-state index in [4.69, 9.17) is 9.47 Å². The maximum absolute atomic E-state index is 12.9. The maximum atomic E-state index is 12.9. The van der Waals surface area contributed by atoms with Gasteiger partial charge >= 0.3 is 12.1 Å². The Morgan fingerprint density at radius 1 is 1.12 bits per heavy atom. The Morgan fingerprint density at radius 2 is 1.82 bits per heavy atom. The molecule has 10 heteroatoms. The van der Waals surface area contributed by atoms with Crippen LogP contribution in [0.1, 0.15) is 77.1 Å². The van der Waals surface area contributed by atoms with Crippen molar-refractivity contribution in [1.29, 1.82) is 0 Å². The number of benzene rings is 1. The molecule has 34 heavy (non-hydrogen) atoms. The van der Waals surface area contributed by atoms with Crippen LogP contribution in [0.4, 0.5) is 19.0 Å². The standard InChI is InChI=1S/C24H28F3N3O4/c1-14-20(23(31)32)29-22(16-9-11-33-12-10-16)30-21(14)28-13-18-3-2-4-19(34-18)15-5-7-17(8-6-15)24(25,26)27/h5-8,16,18-19H,2-4,9-13H2,1H3,(H,31,32)(H,28,29,30). The van der Waals surface area contributed by atoms with Crippen molar-refractivity contribution in [1.82, 2.24) is 9.97 Å². The van der Waals surface area contributed by atoms with Crippen LogP contribution in [0.5, 0.6) is 0 Å². The highest BCUT2D eigenvalue weighted by molar-refractivity contribution is 5.88. The fourth-order valence-electron chi connectivity index (χ4n) is 4.44. The molecule has 0 bridgehead atoms. The molecule has 2 unspecified atom stereocenters. The van der Waals surface area contributed by atoms with E-state index in [1.165, 1.54) is 12.1 Å². The third-order valence-electron chi connectivity index (χ3n) is 6.41. The zero-order valence-corrected chi connectivity index (χ0v) is 18.9. The second-order valence-electron chi connectivity index (χ2n) is 8.77. The Bertz CT molecular complexity index is 1010. The van der Waals surface area contributed by atoms with Crippen LogP contribution in [0.3, 0.4) is 0 Å². The summed E-state index contributed by atoms with van der Waals surface area (Å²) in [7, 11) is 0. The lowest BCUT2D eigenvalue weighted by molar-refractivity contribution is -0.137. The SMILES string of the molecule is Cc1c(NCC2CCCC(c3ccc(C(F)(F)F)cc3)O2)nc(C2CCOCC2)nc1C(=O)O. The molecular formula is C24H28F3N3O4. The van der Waals surface area contributed by atoms with Crippen molar-refractivity contribution in [3.05, 3.63) is 52.5 Å². The van der Waals surface area contributed by atoms with E-state index in [0.29, 0.717) is 42.5 Å². The molecule has 3 heterocycles. The van der Waals surface area contributed by atoms with Crippen LogP contribution in [0.25, 0.3) is 0 Å². The number of nitrogens with one attached hydrogen (secondary N) is 1. The Morgan fingerprint density at radius 3 is 2.47 bits per heavy atom. The van der Waals surface area contributed by atoms with Gasteiger partial charge in [-0.15, -0.1) is 0 Å². The molecule has 2 fully saturated rings. The number of nitrogens with zero attached hydrogens (tertiary/aromatic N) is 2. The molecule has 184 valence electrons. The summed E-state index contributed by atoms with van der Waals surface area (Å²) in [4.78, 5) is 20.7. The highest BCUT2D eigenvalue weighted by Gasteiger charge is 2.31. The lowest BCUT2D eigenvalue weighted by atomic mass is 9.97. The zero-order valence-electron chi connectivity index (χ0n) is 18.9. The molecule has 0 amide bonds. The van der Waals surface area contributed by atoms with Gasteiger partial charge in [-0.1, -0.05) is 12.1 Å². The van der Waals surface area contributed by atoms with Gasteiger partial charge in [-0.3, -0.25) is 0 Å². The molecule has 2 saturated heterocycles. The third-order valence-corrected chi connectivity index (χ3v) is 6.41. The van der Waals surface area contributed by atoms with Gasteiger partial charge in [0.05, 0.1) is 17.8 Å². The minimum atomic E-state index is -4.37. The molecular weight excluding hydrogens is 451 g/mol. The molecule has 2 aliphatic rings. The van der Waals surface area contributed by atoms with E-state index in [-0.39, 0.29) is 23.8 Å². The summed E-state index contributed by atoms with van der Waals surface area (Å²) < 4.78 is 50.1. The largest absolute Gasteiger partial charge is 0.476 e. The van der Waals surface area contributed by atoms with Crippen molar-refractivity contribution in [2.45, 2.75) is 63.3 Å². The van der Waals surface area contributed by atoms with Gasteiger partial charge in [-0.25, -0.2) is 14.8 Å². The Balaban J connectivity index is 1.45. The van der Waals surface area contributed by atoms with Gasteiger partial charge in [-0.05, 0) is 56.7 Å². The molecule has 7 nitrogen and oxygen atoms in total. The summed E-state index contributed by atoms with van der Waals surface area (Å²) in [6.45, 7) is 3.26. The van der Waals surface area contributed by atoms with Crippen LogP contribution in [-0.2, 0) is 15.7 Å². The molecule has 1 aromatic carbocycles. The first-order chi connectivity index (χ1) is 16.2. The summed E-state index contributed by atoms with van der Waals surface area (Å²) in [6.07, 6.45) is -0.986. The van der Waals surface area contributed by atoms with E-state index in [1.807, 2.05) is 0 Å². The molecule has 0 radical (unpaired) electrons. The van der Waals surface area contributed by atoms with Crippen LogP contribution in [0, 0.1) is 6.92 Å². The summed E-state index contributed by atoms with van der Waals surface area (Å²) in [5.74, 6) is -0.0920. The van der Waals surface area contributed by atoms with Crippen molar-refractivity contribution in [3.8, 4) is 0 Å². The van der Waals surface area contributed by atoms with Gasteiger partial charge in [0, 0.05) is 31.2 Å². The number of alkyl halides is 3. The first-order valence-corrected chi connectivity index (χ1v) is 11.5. The Hall–Kier alpha value is -2.72. The number of carboxylic acid groups (broad SMARTS) is 1. The first kappa shape index (κ1) is 24.4. The maximum Gasteiger partial charge on any atom is 0.416 e. The highest BCUT2D eigenvalue weighted by atomic mass is 19.4. The number of carboxylic acids is 1. The number of ether oxygens (including phenoxy) is 2. The third kappa shape index (κ3) is 5.67. The molecule has 2 aliphatic heterocycles. The number of hydrogen-bond donors (Lipinski definition) is 2. The number of aromatic carboxylic acids is 1. The van der Waals surface area contributed by atoms with Crippen molar-refractivity contribution < 1.29 is 32.5 Å². The minimum absolute atomic E-state index is 0.0221. The van der Waals surface area contributed by atoms with Crippen molar-refractivity contribution in [2.75, 3.05) is 25.1 Å². The van der Waals surface area contributed by atoms with Crippen LogP contribution in [-0.4, -0.2) is 46.9 Å². The summed E-state index contributed by atoms with van der Waals surface area (Å²) >= 11 is 0. The fourth-order valence-corrected chi connectivity index (χ4v) is 4.44. The van der Waals surface area contributed by atoms with Crippen molar-refractivity contribution in [3.63, 3.8) is 0 Å². The fraction of sp³-hybridized carbons (Fsp3) is 0.542. The number of halogens is 3. The topological polar surface area (TPSA) is 93.6 Å². The second-order valence-corrected chi connectivity index (χ2v) is 8.77. The van der Waals surface area contributed by atoms with E-state index >= 15 is 0 Å². The average molecular weight is 479 g/mol. The van der Waals surface area contributed by atoms with Gasteiger partial charge in [0.25, 0.3) is 0 Å². The highest BCUT2D eigenvalue weighted by Crippen LogP contribution is 2.34. The van der Waals surface area contributed by atoms with Gasteiger partial charge in [0.2, 0.25) is 0 Å². The minimum Gasteiger partial charge on any atom is -0.476 e. The van der Waals surface area contributed by atoms with E-state index < -0.39 is 17.7 Å². The average Bonchev–Trinajstić information content (AvgIpc) is 2.83. The predicted molar refractivity (Wildman–Crippen MR) is 118 cm³/mol. The zero-order chi connectivity index (χ0) is 24.3. The number of aromatic nitrogens is 2. The van der Waals surface area contributed by atoms with Crippen LogP contribution in [0.15, 0.2) is 24.3 Å². The Labute approximate surface area is 195 Å². The molecule has 1 aromatic heterocycles.